The number of ketones is 1. The zero-order chi connectivity index (χ0) is 20.8. The van der Waals surface area contributed by atoms with E-state index in [0.29, 0.717) is 27.4 Å². The van der Waals surface area contributed by atoms with Crippen LogP contribution in [0.4, 0.5) is 5.69 Å². The number of aromatic nitrogens is 1. The maximum absolute atomic E-state index is 12.4. The smallest absolute Gasteiger partial charge is 0.234 e. The molecule has 0 radical (unpaired) electrons. The fourth-order valence-corrected chi connectivity index (χ4v) is 3.73. The number of thioether (sulfide) groups is 1. The van der Waals surface area contributed by atoms with Gasteiger partial charge in [-0.25, -0.2) is 4.98 Å². The molecule has 6 heteroatoms. The molecule has 1 N–H and O–H groups in total. The number of rotatable bonds is 6. The number of nitrogens with one attached hydrogen (secondary N) is 1. The summed E-state index contributed by atoms with van der Waals surface area (Å²) in [6, 6.07) is 19.8. The maximum atomic E-state index is 12.4. The summed E-state index contributed by atoms with van der Waals surface area (Å²) < 4.78 is 0. The number of amides is 1. The van der Waals surface area contributed by atoms with Gasteiger partial charge in [0, 0.05) is 22.5 Å². The van der Waals surface area contributed by atoms with Crippen LogP contribution < -0.4 is 5.32 Å². The van der Waals surface area contributed by atoms with Gasteiger partial charge in [0.1, 0.15) is 11.1 Å². The molecule has 0 aliphatic carbocycles. The largest absolute Gasteiger partial charge is 0.325 e. The van der Waals surface area contributed by atoms with Crippen molar-refractivity contribution in [2.24, 2.45) is 0 Å². The fourth-order valence-electron chi connectivity index (χ4n) is 2.84. The lowest BCUT2D eigenvalue weighted by Crippen LogP contribution is -2.14. The molecule has 0 saturated carbocycles. The lowest BCUT2D eigenvalue weighted by molar-refractivity contribution is -0.113. The highest BCUT2D eigenvalue weighted by atomic mass is 32.2. The number of carbonyl (C=O) groups is 2. The van der Waals surface area contributed by atoms with Crippen molar-refractivity contribution >= 4 is 29.1 Å². The predicted molar refractivity (Wildman–Crippen MR) is 114 cm³/mol. The highest BCUT2D eigenvalue weighted by Gasteiger charge is 2.12. The van der Waals surface area contributed by atoms with Crippen molar-refractivity contribution in [1.29, 1.82) is 5.26 Å². The summed E-state index contributed by atoms with van der Waals surface area (Å²) in [6.07, 6.45) is 0. The van der Waals surface area contributed by atoms with Crippen molar-refractivity contribution in [3.63, 3.8) is 0 Å². The number of pyridine rings is 1. The van der Waals surface area contributed by atoms with Gasteiger partial charge in [-0.3, -0.25) is 9.59 Å². The van der Waals surface area contributed by atoms with Gasteiger partial charge in [0.05, 0.1) is 11.3 Å². The molecule has 2 aromatic carbocycles. The quantitative estimate of drug-likeness (QED) is 0.485. The number of nitriles is 1. The van der Waals surface area contributed by atoms with E-state index in [2.05, 4.69) is 16.4 Å². The molecule has 0 aliphatic rings. The molecule has 3 aromatic rings. The second-order valence-corrected chi connectivity index (χ2v) is 7.45. The monoisotopic (exact) mass is 401 g/mol. The average molecular weight is 401 g/mol. The summed E-state index contributed by atoms with van der Waals surface area (Å²) >= 11 is 1.23. The molecule has 1 aromatic heterocycles. The Kier molecular flexibility index (Phi) is 6.43. The molecule has 0 saturated heterocycles. The van der Waals surface area contributed by atoms with Crippen molar-refractivity contribution in [2.75, 3.05) is 11.1 Å². The first kappa shape index (κ1) is 20.3. The third-order valence-corrected chi connectivity index (χ3v) is 5.21. The molecule has 0 unspecified atom stereocenters. The Labute approximate surface area is 173 Å². The van der Waals surface area contributed by atoms with Crippen molar-refractivity contribution < 1.29 is 9.59 Å². The van der Waals surface area contributed by atoms with E-state index < -0.39 is 0 Å². The van der Waals surface area contributed by atoms with Gasteiger partial charge in [0.25, 0.3) is 0 Å². The van der Waals surface area contributed by atoms with Crippen LogP contribution in [0.1, 0.15) is 32.7 Å². The minimum absolute atomic E-state index is 0.0658. The van der Waals surface area contributed by atoms with Gasteiger partial charge in [-0.15, -0.1) is 0 Å². The van der Waals surface area contributed by atoms with E-state index in [1.54, 1.807) is 36.4 Å². The molecule has 3 rings (SSSR count). The number of benzene rings is 2. The number of anilines is 1. The Balaban J connectivity index is 1.62. The molecular weight excluding hydrogens is 382 g/mol. The zero-order valence-electron chi connectivity index (χ0n) is 16.1. The highest BCUT2D eigenvalue weighted by molar-refractivity contribution is 8.00. The second kappa shape index (κ2) is 9.18. The fraction of sp³-hybridized carbons (Fsp3) is 0.130. The van der Waals surface area contributed by atoms with Crippen LogP contribution in [0.3, 0.4) is 0 Å². The molecule has 5 nitrogen and oxygen atoms in total. The van der Waals surface area contributed by atoms with E-state index in [0.717, 1.165) is 11.3 Å². The van der Waals surface area contributed by atoms with Crippen LogP contribution in [-0.4, -0.2) is 22.4 Å². The Morgan fingerprint density at radius 3 is 2.34 bits per heavy atom. The van der Waals surface area contributed by atoms with Gasteiger partial charge in [0.2, 0.25) is 5.91 Å². The Morgan fingerprint density at radius 1 is 1.03 bits per heavy atom. The minimum atomic E-state index is -0.206. The van der Waals surface area contributed by atoms with E-state index in [-0.39, 0.29) is 17.4 Å². The molecule has 29 heavy (non-hydrogen) atoms. The lowest BCUT2D eigenvalue weighted by atomic mass is 10.0. The number of nitrogens with zero attached hydrogens (tertiary/aromatic N) is 2. The predicted octanol–water partition coefficient (Wildman–Crippen LogP) is 4.53. The van der Waals surface area contributed by atoms with E-state index in [1.807, 2.05) is 38.1 Å². The summed E-state index contributed by atoms with van der Waals surface area (Å²) in [6.45, 7) is 3.71. The van der Waals surface area contributed by atoms with Crippen LogP contribution in [0, 0.1) is 25.2 Å². The minimum Gasteiger partial charge on any atom is -0.325 e. The number of aryl methyl sites for hydroxylation is 2. The Bertz CT molecular complexity index is 1090. The van der Waals surface area contributed by atoms with Gasteiger partial charge in [0.15, 0.2) is 5.78 Å². The first-order valence-electron chi connectivity index (χ1n) is 8.98. The molecule has 1 heterocycles. The zero-order valence-corrected chi connectivity index (χ0v) is 16.9. The molecule has 0 aliphatic heterocycles. The van der Waals surface area contributed by atoms with E-state index in [4.69, 9.17) is 0 Å². The summed E-state index contributed by atoms with van der Waals surface area (Å²) in [5, 5.41) is 12.7. The lowest BCUT2D eigenvalue weighted by Gasteiger charge is -2.08. The molecule has 0 fully saturated rings. The third-order valence-electron chi connectivity index (χ3n) is 4.23. The maximum Gasteiger partial charge on any atom is 0.234 e. The van der Waals surface area contributed by atoms with Crippen molar-refractivity contribution in [3.8, 4) is 6.07 Å². The molecule has 144 valence electrons. The van der Waals surface area contributed by atoms with Gasteiger partial charge in [-0.2, -0.15) is 5.26 Å². The first-order valence-corrected chi connectivity index (χ1v) is 9.97. The van der Waals surface area contributed by atoms with Gasteiger partial charge >= 0.3 is 0 Å². The summed E-state index contributed by atoms with van der Waals surface area (Å²) in [5.41, 5.74) is 3.94. The van der Waals surface area contributed by atoms with Crippen LogP contribution in [0.25, 0.3) is 0 Å². The average Bonchev–Trinajstić information content (AvgIpc) is 2.72. The highest BCUT2D eigenvalue weighted by Crippen LogP contribution is 2.24. The van der Waals surface area contributed by atoms with Crippen molar-refractivity contribution in [1.82, 2.24) is 4.98 Å². The van der Waals surface area contributed by atoms with E-state index >= 15 is 0 Å². The van der Waals surface area contributed by atoms with Gasteiger partial charge < -0.3 is 5.32 Å². The van der Waals surface area contributed by atoms with Crippen molar-refractivity contribution in [3.05, 3.63) is 88.6 Å². The summed E-state index contributed by atoms with van der Waals surface area (Å²) in [4.78, 5) is 29.1. The number of hydrogen-bond acceptors (Lipinski definition) is 5. The van der Waals surface area contributed by atoms with E-state index in [1.165, 1.54) is 11.8 Å². The van der Waals surface area contributed by atoms with Crippen LogP contribution in [0.5, 0.6) is 0 Å². The summed E-state index contributed by atoms with van der Waals surface area (Å²) in [5.74, 6) is -0.138. The molecule has 0 atom stereocenters. The molecular formula is C23H19N3O2S. The standard InChI is InChI=1S/C23H19N3O2S/c1-15-12-16(2)25-23(20(15)13-24)29-14-21(27)26-19-10-8-18(9-11-19)22(28)17-6-4-3-5-7-17/h3-12H,14H2,1-2H3,(H,26,27). The van der Waals surface area contributed by atoms with E-state index in [9.17, 15) is 14.9 Å². The molecule has 0 spiro atoms. The third kappa shape index (κ3) is 5.09. The Morgan fingerprint density at radius 2 is 1.69 bits per heavy atom. The van der Waals surface area contributed by atoms with Gasteiger partial charge in [-0.05, 0) is 49.7 Å². The van der Waals surface area contributed by atoms with Crippen LogP contribution in [-0.2, 0) is 4.79 Å². The van der Waals surface area contributed by atoms with Crippen LogP contribution >= 0.6 is 11.8 Å². The van der Waals surface area contributed by atoms with Gasteiger partial charge in [-0.1, -0.05) is 42.1 Å². The number of carbonyl (C=O) groups excluding carboxylic acids is 2. The van der Waals surface area contributed by atoms with Crippen LogP contribution in [0.2, 0.25) is 0 Å². The van der Waals surface area contributed by atoms with Crippen molar-refractivity contribution in [2.45, 2.75) is 18.9 Å². The van der Waals surface area contributed by atoms with Crippen LogP contribution in [0.15, 0.2) is 65.7 Å². The first-order chi connectivity index (χ1) is 14.0. The second-order valence-electron chi connectivity index (χ2n) is 6.48. The topological polar surface area (TPSA) is 82.9 Å². The Hall–Kier alpha value is -3.43. The normalized spacial score (nSPS) is 10.2. The summed E-state index contributed by atoms with van der Waals surface area (Å²) in [7, 11) is 0. The molecule has 1 amide bonds. The number of hydrogen-bond donors (Lipinski definition) is 1. The SMILES string of the molecule is Cc1cc(C)c(C#N)c(SCC(=O)Nc2ccc(C(=O)c3ccccc3)cc2)n1. The molecule has 0 bridgehead atoms.